The zero-order chi connectivity index (χ0) is 37.4. The molecule has 7 aromatic carbocycles. The van der Waals surface area contributed by atoms with E-state index in [1.807, 2.05) is 6.20 Å². The van der Waals surface area contributed by atoms with Crippen LogP contribution in [0.15, 0.2) is 146 Å². The number of pyridine rings is 1. The Morgan fingerprint density at radius 3 is 1.93 bits per heavy atom. The van der Waals surface area contributed by atoms with E-state index in [1.165, 1.54) is 0 Å². The second-order valence-corrected chi connectivity index (χ2v) is 16.5. The van der Waals surface area contributed by atoms with Crippen molar-refractivity contribution in [3.05, 3.63) is 157 Å². The molecule has 264 valence electrons. The maximum absolute atomic E-state index is 12.3. The topological polar surface area (TPSA) is 50.9 Å². The minimum absolute atomic E-state index is 0.152. The maximum Gasteiger partial charge on any atom is 0.149 e. The highest BCUT2D eigenvalue weighted by Crippen LogP contribution is 2.45. The molecule has 9 rings (SSSR count). The summed E-state index contributed by atoms with van der Waals surface area (Å²) in [6, 6.07) is 49.3. The Bertz CT molecular complexity index is 2910. The minimum atomic E-state index is -0.293. The number of nitrogens with zero attached hydrogens (tertiary/aromatic N) is 3. The first-order valence-electron chi connectivity index (χ1n) is 18.7. The first-order valence-corrected chi connectivity index (χ1v) is 18.7. The van der Waals surface area contributed by atoms with Crippen LogP contribution in [0.3, 0.4) is 0 Å². The van der Waals surface area contributed by atoms with Crippen molar-refractivity contribution in [2.45, 2.75) is 52.4 Å². The molecule has 0 aliphatic carbocycles. The van der Waals surface area contributed by atoms with E-state index in [-0.39, 0.29) is 16.6 Å². The average molecular weight is 702 g/mol. The van der Waals surface area contributed by atoms with Crippen molar-refractivity contribution >= 4 is 43.4 Å². The van der Waals surface area contributed by atoms with E-state index in [2.05, 4.69) is 186 Å². The Morgan fingerprint density at radius 2 is 1.19 bits per heavy atom. The van der Waals surface area contributed by atoms with E-state index in [9.17, 15) is 5.11 Å². The van der Waals surface area contributed by atoms with Gasteiger partial charge in [-0.1, -0.05) is 145 Å². The van der Waals surface area contributed by atoms with Crippen LogP contribution in [0.1, 0.15) is 52.7 Å². The van der Waals surface area contributed by atoms with Gasteiger partial charge in [-0.2, -0.15) is 0 Å². The third-order valence-corrected chi connectivity index (χ3v) is 10.8. The molecule has 0 spiro atoms. The number of rotatable bonds is 4. The minimum Gasteiger partial charge on any atom is -0.507 e. The van der Waals surface area contributed by atoms with Crippen LogP contribution >= 0.6 is 0 Å². The first kappa shape index (κ1) is 33.6. The van der Waals surface area contributed by atoms with Crippen molar-refractivity contribution in [2.24, 2.45) is 0 Å². The summed E-state index contributed by atoms with van der Waals surface area (Å²) in [5, 5.41) is 19.1. The lowest BCUT2D eigenvalue weighted by Crippen LogP contribution is -2.17. The summed E-state index contributed by atoms with van der Waals surface area (Å²) in [4.78, 5) is 10.5. The van der Waals surface area contributed by atoms with Crippen molar-refractivity contribution < 1.29 is 5.11 Å². The average Bonchev–Trinajstić information content (AvgIpc) is 3.55. The number of imidazole rings is 1. The molecule has 0 aliphatic rings. The van der Waals surface area contributed by atoms with Gasteiger partial charge in [0, 0.05) is 33.7 Å². The fourth-order valence-corrected chi connectivity index (χ4v) is 7.97. The third kappa shape index (κ3) is 5.52. The van der Waals surface area contributed by atoms with Gasteiger partial charge in [-0.25, -0.2) is 4.98 Å². The molecule has 0 unspecified atom stereocenters. The van der Waals surface area contributed by atoms with Crippen molar-refractivity contribution in [3.63, 3.8) is 0 Å². The molecule has 0 fully saturated rings. The predicted molar refractivity (Wildman–Crippen MR) is 227 cm³/mol. The molecule has 0 saturated heterocycles. The second kappa shape index (κ2) is 12.4. The van der Waals surface area contributed by atoms with E-state index >= 15 is 0 Å². The molecule has 9 aromatic rings. The second-order valence-electron chi connectivity index (χ2n) is 16.5. The number of hydrogen-bond acceptors (Lipinski definition) is 3. The highest BCUT2D eigenvalue weighted by molar-refractivity contribution is 6.08. The summed E-state index contributed by atoms with van der Waals surface area (Å²) in [5.41, 5.74) is 9.29. The lowest BCUT2D eigenvalue weighted by Gasteiger charge is -2.27. The third-order valence-electron chi connectivity index (χ3n) is 10.8. The Labute approximate surface area is 316 Å². The Balaban J connectivity index is 1.39. The number of aromatic hydroxyl groups is 1. The van der Waals surface area contributed by atoms with Gasteiger partial charge >= 0.3 is 0 Å². The van der Waals surface area contributed by atoms with Crippen LogP contribution in [0.5, 0.6) is 5.75 Å². The standard InChI is InChI=1S/C50H43N3O/c1-49(2,3)35-29-41(47(54)42(30-35)50(4,5)6)48-52-46-39(22-14-24-44(46)53(48)43-23-13-18-31-15-7-11-20-37(31)43)34-27-33-17-9-10-19-36(33)40(28-34)45-38-21-12-8-16-32(38)25-26-51-45/h7-30,54H,1-6H3. The van der Waals surface area contributed by atoms with Gasteiger partial charge in [-0.15, -0.1) is 0 Å². The Morgan fingerprint density at radius 1 is 0.537 bits per heavy atom. The smallest absolute Gasteiger partial charge is 0.149 e. The van der Waals surface area contributed by atoms with Gasteiger partial charge in [0.25, 0.3) is 0 Å². The van der Waals surface area contributed by atoms with Crippen LogP contribution in [-0.2, 0) is 10.8 Å². The normalized spacial score (nSPS) is 12.3. The SMILES string of the molecule is CC(C)(C)c1cc(-c2nc3c(-c4cc(-c5nccc6ccccc56)c5ccccc5c4)cccc3n2-c2cccc3ccccc23)c(O)c(C(C)(C)C)c1. The summed E-state index contributed by atoms with van der Waals surface area (Å²) in [6.07, 6.45) is 1.90. The van der Waals surface area contributed by atoms with Crippen LogP contribution in [0.25, 0.3) is 82.8 Å². The van der Waals surface area contributed by atoms with Crippen LogP contribution in [-0.4, -0.2) is 19.6 Å². The number of phenolic OH excluding ortho intramolecular Hbond substituents is 1. The summed E-state index contributed by atoms with van der Waals surface area (Å²) < 4.78 is 2.25. The van der Waals surface area contributed by atoms with E-state index in [0.29, 0.717) is 5.82 Å². The molecule has 4 nitrogen and oxygen atoms in total. The molecule has 2 aromatic heterocycles. The first-order chi connectivity index (χ1) is 26.0. The van der Waals surface area contributed by atoms with Crippen molar-refractivity contribution in [3.8, 4) is 45.2 Å². The molecular formula is C50H43N3O. The number of fused-ring (bicyclic) bond motifs is 4. The van der Waals surface area contributed by atoms with Crippen LogP contribution in [0.4, 0.5) is 0 Å². The van der Waals surface area contributed by atoms with Gasteiger partial charge < -0.3 is 5.11 Å². The van der Waals surface area contributed by atoms with E-state index in [1.54, 1.807) is 0 Å². The van der Waals surface area contributed by atoms with Gasteiger partial charge in [0.1, 0.15) is 11.6 Å². The number of benzene rings is 7. The lowest BCUT2D eigenvalue weighted by atomic mass is 9.79. The highest BCUT2D eigenvalue weighted by atomic mass is 16.3. The summed E-state index contributed by atoms with van der Waals surface area (Å²) in [7, 11) is 0. The zero-order valence-electron chi connectivity index (χ0n) is 31.6. The van der Waals surface area contributed by atoms with Gasteiger partial charge in [0.2, 0.25) is 0 Å². The number of phenols is 1. The van der Waals surface area contributed by atoms with E-state index in [0.717, 1.165) is 88.1 Å². The van der Waals surface area contributed by atoms with Crippen molar-refractivity contribution in [1.29, 1.82) is 0 Å². The van der Waals surface area contributed by atoms with E-state index < -0.39 is 0 Å². The monoisotopic (exact) mass is 701 g/mol. The summed E-state index contributed by atoms with van der Waals surface area (Å²) in [6.45, 7) is 13.2. The molecule has 0 bridgehead atoms. The van der Waals surface area contributed by atoms with Crippen LogP contribution < -0.4 is 0 Å². The van der Waals surface area contributed by atoms with Crippen molar-refractivity contribution in [1.82, 2.24) is 14.5 Å². The molecular weight excluding hydrogens is 659 g/mol. The summed E-state index contributed by atoms with van der Waals surface area (Å²) >= 11 is 0. The highest BCUT2D eigenvalue weighted by Gasteiger charge is 2.29. The van der Waals surface area contributed by atoms with Gasteiger partial charge in [0.05, 0.1) is 28.0 Å². The molecule has 1 N–H and O–H groups in total. The Hall–Kier alpha value is -6.26. The molecule has 0 amide bonds. The van der Waals surface area contributed by atoms with Gasteiger partial charge in [-0.05, 0) is 79.9 Å². The van der Waals surface area contributed by atoms with Gasteiger partial charge in [0.15, 0.2) is 0 Å². The Kier molecular flexibility index (Phi) is 7.72. The number of aromatic nitrogens is 3. The molecule has 0 atom stereocenters. The molecule has 4 heteroatoms. The molecule has 0 saturated carbocycles. The molecule has 0 aliphatic heterocycles. The zero-order valence-corrected chi connectivity index (χ0v) is 31.6. The number of para-hydroxylation sites is 1. The predicted octanol–water partition coefficient (Wildman–Crippen LogP) is 13.2. The van der Waals surface area contributed by atoms with Crippen molar-refractivity contribution in [2.75, 3.05) is 0 Å². The van der Waals surface area contributed by atoms with Gasteiger partial charge in [-0.3, -0.25) is 9.55 Å². The molecule has 2 heterocycles. The van der Waals surface area contributed by atoms with Crippen LogP contribution in [0, 0.1) is 0 Å². The fourth-order valence-electron chi connectivity index (χ4n) is 7.97. The number of hydrogen-bond donors (Lipinski definition) is 1. The lowest BCUT2D eigenvalue weighted by molar-refractivity contribution is 0.446. The van der Waals surface area contributed by atoms with E-state index in [4.69, 9.17) is 9.97 Å². The largest absolute Gasteiger partial charge is 0.507 e. The van der Waals surface area contributed by atoms with Crippen LogP contribution in [0.2, 0.25) is 0 Å². The maximum atomic E-state index is 12.3. The molecule has 0 radical (unpaired) electrons. The fraction of sp³-hybridized carbons (Fsp3) is 0.160. The molecule has 54 heavy (non-hydrogen) atoms. The summed E-state index contributed by atoms with van der Waals surface area (Å²) in [5.74, 6) is 0.975. The quantitative estimate of drug-likeness (QED) is 0.199.